The number of anilines is 1. The minimum atomic E-state index is -0.161. The van der Waals surface area contributed by atoms with Crippen LogP contribution in [0.5, 0.6) is 11.6 Å². The molecule has 1 amide bonds. The molecule has 6 nitrogen and oxygen atoms in total. The first-order valence-corrected chi connectivity index (χ1v) is 9.78. The van der Waals surface area contributed by atoms with E-state index in [2.05, 4.69) is 15.3 Å². The van der Waals surface area contributed by atoms with Crippen LogP contribution in [0.3, 0.4) is 0 Å². The van der Waals surface area contributed by atoms with Gasteiger partial charge in [-0.2, -0.15) is 0 Å². The topological polar surface area (TPSA) is 69.0 Å². The SMILES string of the molecule is O=C(Nc1ccc(Oc2cc(-n3cccc3)ncn2)cc1)c1ccc2ccccc2c1. The van der Waals surface area contributed by atoms with Crippen LogP contribution >= 0.6 is 0 Å². The Morgan fingerprint density at radius 1 is 0.806 bits per heavy atom. The van der Waals surface area contributed by atoms with E-state index in [0.717, 1.165) is 10.8 Å². The molecule has 5 aromatic rings. The summed E-state index contributed by atoms with van der Waals surface area (Å²) in [5.41, 5.74) is 1.29. The van der Waals surface area contributed by atoms with Gasteiger partial charge in [-0.1, -0.05) is 30.3 Å². The maximum Gasteiger partial charge on any atom is 0.255 e. The Balaban J connectivity index is 1.27. The van der Waals surface area contributed by atoms with Gasteiger partial charge in [0.05, 0.1) is 0 Å². The summed E-state index contributed by atoms with van der Waals surface area (Å²) >= 11 is 0. The van der Waals surface area contributed by atoms with Crippen LogP contribution in [0.2, 0.25) is 0 Å². The number of aromatic nitrogens is 3. The molecule has 6 heteroatoms. The Bertz CT molecular complexity index is 1350. The predicted molar refractivity (Wildman–Crippen MR) is 120 cm³/mol. The van der Waals surface area contributed by atoms with Crippen molar-refractivity contribution in [2.45, 2.75) is 0 Å². The number of benzene rings is 3. The van der Waals surface area contributed by atoms with E-state index in [1.165, 1.54) is 6.33 Å². The number of amides is 1. The van der Waals surface area contributed by atoms with Crippen molar-refractivity contribution in [2.24, 2.45) is 0 Å². The molecule has 0 saturated heterocycles. The standard InChI is InChI=1S/C25H18N4O2/c30-25(20-8-7-18-5-1-2-6-19(18)15-20)28-21-9-11-22(12-10-21)31-24-16-23(26-17-27-24)29-13-3-4-14-29/h1-17H,(H,28,30). The van der Waals surface area contributed by atoms with Crippen LogP contribution in [0.4, 0.5) is 5.69 Å². The van der Waals surface area contributed by atoms with E-state index in [0.29, 0.717) is 28.7 Å². The summed E-state index contributed by atoms with van der Waals surface area (Å²) in [4.78, 5) is 21.0. The van der Waals surface area contributed by atoms with E-state index >= 15 is 0 Å². The number of carbonyl (C=O) groups is 1. The van der Waals surface area contributed by atoms with Crippen LogP contribution in [0.1, 0.15) is 10.4 Å². The quantitative estimate of drug-likeness (QED) is 0.420. The van der Waals surface area contributed by atoms with Gasteiger partial charge >= 0.3 is 0 Å². The van der Waals surface area contributed by atoms with Crippen molar-refractivity contribution < 1.29 is 9.53 Å². The Labute approximate surface area is 178 Å². The summed E-state index contributed by atoms with van der Waals surface area (Å²) in [6.07, 6.45) is 5.26. The Morgan fingerprint density at radius 3 is 2.39 bits per heavy atom. The van der Waals surface area contributed by atoms with Gasteiger partial charge in [-0.25, -0.2) is 9.97 Å². The van der Waals surface area contributed by atoms with Gasteiger partial charge in [-0.3, -0.25) is 4.79 Å². The summed E-state index contributed by atoms with van der Waals surface area (Å²) in [7, 11) is 0. The number of fused-ring (bicyclic) bond motifs is 1. The fourth-order valence-corrected chi connectivity index (χ4v) is 3.28. The average molecular weight is 406 g/mol. The highest BCUT2D eigenvalue weighted by Crippen LogP contribution is 2.23. The first-order valence-electron chi connectivity index (χ1n) is 9.78. The molecule has 0 aliphatic rings. The number of nitrogens with zero attached hydrogens (tertiary/aromatic N) is 3. The van der Waals surface area contributed by atoms with Gasteiger partial charge in [0.1, 0.15) is 17.9 Å². The zero-order valence-corrected chi connectivity index (χ0v) is 16.5. The van der Waals surface area contributed by atoms with Gasteiger partial charge < -0.3 is 14.6 Å². The highest BCUT2D eigenvalue weighted by Gasteiger charge is 2.08. The van der Waals surface area contributed by atoms with Crippen LogP contribution < -0.4 is 10.1 Å². The molecule has 3 aromatic carbocycles. The monoisotopic (exact) mass is 406 g/mol. The summed E-state index contributed by atoms with van der Waals surface area (Å²) < 4.78 is 7.71. The highest BCUT2D eigenvalue weighted by atomic mass is 16.5. The zero-order valence-electron chi connectivity index (χ0n) is 16.5. The van der Waals surface area contributed by atoms with E-state index in [1.54, 1.807) is 30.3 Å². The molecular formula is C25H18N4O2. The van der Waals surface area contributed by atoms with E-state index in [4.69, 9.17) is 4.74 Å². The summed E-state index contributed by atoms with van der Waals surface area (Å²) in [5, 5.41) is 5.05. The summed E-state index contributed by atoms with van der Waals surface area (Å²) in [6, 6.07) is 26.4. The maximum absolute atomic E-state index is 12.6. The van der Waals surface area contributed by atoms with Crippen molar-refractivity contribution in [1.29, 1.82) is 0 Å². The molecule has 0 bridgehead atoms. The molecule has 0 saturated carbocycles. The van der Waals surface area contributed by atoms with Gasteiger partial charge in [-0.15, -0.1) is 0 Å². The van der Waals surface area contributed by atoms with Gasteiger partial charge in [0.25, 0.3) is 5.91 Å². The Hall–Kier alpha value is -4.45. The molecule has 0 atom stereocenters. The van der Waals surface area contributed by atoms with E-state index in [9.17, 15) is 4.79 Å². The normalized spacial score (nSPS) is 10.7. The lowest BCUT2D eigenvalue weighted by atomic mass is 10.1. The van der Waals surface area contributed by atoms with Gasteiger partial charge in [0, 0.05) is 29.7 Å². The Morgan fingerprint density at radius 2 is 1.58 bits per heavy atom. The van der Waals surface area contributed by atoms with Gasteiger partial charge in [0.2, 0.25) is 5.88 Å². The fourth-order valence-electron chi connectivity index (χ4n) is 3.28. The molecular weight excluding hydrogens is 388 g/mol. The number of hydrogen-bond acceptors (Lipinski definition) is 4. The van der Waals surface area contributed by atoms with Crippen molar-refractivity contribution >= 4 is 22.4 Å². The molecule has 0 aliphatic carbocycles. The van der Waals surface area contributed by atoms with Crippen LogP contribution in [-0.4, -0.2) is 20.4 Å². The number of rotatable bonds is 5. The van der Waals surface area contributed by atoms with Gasteiger partial charge in [0.15, 0.2) is 0 Å². The molecule has 31 heavy (non-hydrogen) atoms. The third-order valence-corrected chi connectivity index (χ3v) is 4.84. The predicted octanol–water partition coefficient (Wildman–Crippen LogP) is 5.47. The third-order valence-electron chi connectivity index (χ3n) is 4.84. The smallest absolute Gasteiger partial charge is 0.255 e. The lowest BCUT2D eigenvalue weighted by molar-refractivity contribution is 0.102. The minimum Gasteiger partial charge on any atom is -0.439 e. The first kappa shape index (κ1) is 18.6. The lowest BCUT2D eigenvalue weighted by Crippen LogP contribution is -2.11. The highest BCUT2D eigenvalue weighted by molar-refractivity contribution is 6.06. The van der Waals surface area contributed by atoms with E-state index < -0.39 is 0 Å². The second-order valence-corrected chi connectivity index (χ2v) is 6.95. The third kappa shape index (κ3) is 4.13. The number of nitrogens with one attached hydrogen (secondary N) is 1. The molecule has 0 unspecified atom stereocenters. The first-order chi connectivity index (χ1) is 15.2. The molecule has 0 radical (unpaired) electrons. The van der Waals surface area contributed by atoms with Crippen LogP contribution in [0.25, 0.3) is 16.6 Å². The number of carbonyl (C=O) groups excluding carboxylic acids is 1. The van der Waals surface area contributed by atoms with Crippen molar-refractivity contribution in [3.05, 3.63) is 109 Å². The lowest BCUT2D eigenvalue weighted by Gasteiger charge is -2.09. The summed E-state index contributed by atoms with van der Waals surface area (Å²) in [6.45, 7) is 0. The molecule has 2 aromatic heterocycles. The fraction of sp³-hybridized carbons (Fsp3) is 0. The molecule has 0 aliphatic heterocycles. The van der Waals surface area contributed by atoms with Crippen LogP contribution in [-0.2, 0) is 0 Å². The Kier molecular flexibility index (Phi) is 4.86. The minimum absolute atomic E-state index is 0.161. The molecule has 0 spiro atoms. The number of hydrogen-bond donors (Lipinski definition) is 1. The number of ether oxygens (including phenoxy) is 1. The van der Waals surface area contributed by atoms with Crippen molar-refractivity contribution in [1.82, 2.24) is 14.5 Å². The molecule has 1 N–H and O–H groups in total. The average Bonchev–Trinajstić information content (AvgIpc) is 3.35. The second-order valence-electron chi connectivity index (χ2n) is 6.95. The maximum atomic E-state index is 12.6. The molecule has 2 heterocycles. The second kappa shape index (κ2) is 8.12. The molecule has 150 valence electrons. The molecule has 0 fully saturated rings. The van der Waals surface area contributed by atoms with Crippen molar-refractivity contribution in [2.75, 3.05) is 5.32 Å². The van der Waals surface area contributed by atoms with Crippen molar-refractivity contribution in [3.63, 3.8) is 0 Å². The van der Waals surface area contributed by atoms with E-state index in [-0.39, 0.29) is 5.91 Å². The molecule has 5 rings (SSSR count). The van der Waals surface area contributed by atoms with Crippen molar-refractivity contribution in [3.8, 4) is 17.4 Å². The van der Waals surface area contributed by atoms with Crippen LogP contribution in [0, 0.1) is 0 Å². The summed E-state index contributed by atoms with van der Waals surface area (Å²) in [5.74, 6) is 1.60. The zero-order chi connectivity index (χ0) is 21.0. The largest absolute Gasteiger partial charge is 0.439 e. The van der Waals surface area contributed by atoms with Crippen LogP contribution in [0.15, 0.2) is 104 Å². The van der Waals surface area contributed by atoms with E-state index in [1.807, 2.05) is 71.6 Å². The van der Waals surface area contributed by atoms with Gasteiger partial charge in [-0.05, 0) is 59.3 Å².